The lowest BCUT2D eigenvalue weighted by molar-refractivity contribution is 0.0361. The van der Waals surface area contributed by atoms with Gasteiger partial charge in [0.2, 0.25) is 0 Å². The number of nitrogens with zero attached hydrogens (tertiary/aromatic N) is 1. The van der Waals surface area contributed by atoms with Crippen LogP contribution in [0.15, 0.2) is 48.5 Å². The Balaban J connectivity index is 1.98. The third-order valence-corrected chi connectivity index (χ3v) is 10.9. The first kappa shape index (κ1) is 26.5. The van der Waals surface area contributed by atoms with Gasteiger partial charge in [0.05, 0.1) is 0 Å². The molecule has 0 N–H and O–H groups in total. The first-order valence-corrected chi connectivity index (χ1v) is 15.3. The number of para-hydroxylation sites is 1. The Kier molecular flexibility index (Phi) is 7.63. The Morgan fingerprint density at radius 2 is 1.43 bits per heavy atom. The lowest BCUT2D eigenvalue weighted by Crippen LogP contribution is -2.56. The minimum absolute atomic E-state index is 0.130. The number of benzene rings is 2. The Bertz CT molecular complexity index is 965. The summed E-state index contributed by atoms with van der Waals surface area (Å²) in [5.41, 5.74) is 5.68. The summed E-state index contributed by atoms with van der Waals surface area (Å²) < 4.78 is 0. The summed E-state index contributed by atoms with van der Waals surface area (Å²) in [4.78, 5) is 2.98. The predicted octanol–water partition coefficient (Wildman–Crippen LogP) is 8.36. The van der Waals surface area contributed by atoms with Crippen molar-refractivity contribution in [2.75, 3.05) is 4.90 Å². The quantitative estimate of drug-likeness (QED) is 0.370. The van der Waals surface area contributed by atoms with Crippen molar-refractivity contribution < 1.29 is 0 Å². The van der Waals surface area contributed by atoms with Crippen LogP contribution in [0.1, 0.15) is 111 Å². The Hall–Kier alpha value is -1.54. The second-order valence-corrected chi connectivity index (χ2v) is 14.7. The van der Waals surface area contributed by atoms with Gasteiger partial charge in [-0.25, -0.2) is 0 Å². The molecule has 2 fully saturated rings. The summed E-state index contributed by atoms with van der Waals surface area (Å²) in [7, 11) is 0.807. The maximum atomic E-state index is 2.98. The first-order chi connectivity index (χ1) is 16.5. The van der Waals surface area contributed by atoms with E-state index in [1.54, 1.807) is 5.69 Å². The normalized spacial score (nSPS) is 28.6. The molecular formula is C33H49NSi. The zero-order valence-corrected chi connectivity index (χ0v) is 24.9. The molecule has 2 radical (unpaired) electrons. The van der Waals surface area contributed by atoms with Crippen LogP contribution in [-0.2, 0) is 0 Å². The van der Waals surface area contributed by atoms with Crippen LogP contribution < -0.4 is 10.1 Å². The fourth-order valence-corrected chi connectivity index (χ4v) is 9.91. The van der Waals surface area contributed by atoms with Crippen molar-refractivity contribution in [2.45, 2.75) is 111 Å². The Morgan fingerprint density at radius 1 is 0.829 bits per heavy atom. The number of hydrogen-bond acceptors (Lipinski definition) is 1. The van der Waals surface area contributed by atoms with E-state index < -0.39 is 0 Å². The number of anilines is 1. The largest absolute Gasteiger partial charge is 0.365 e. The molecule has 0 bridgehead atoms. The fraction of sp³-hybridized carbons (Fsp3) is 0.636. The maximum absolute atomic E-state index is 2.98. The number of rotatable bonds is 6. The van der Waals surface area contributed by atoms with Crippen LogP contribution in [-0.4, -0.2) is 20.7 Å². The van der Waals surface area contributed by atoms with Crippen molar-refractivity contribution in [1.82, 2.24) is 0 Å². The molecule has 1 heterocycles. The average Bonchev–Trinajstić information content (AvgIpc) is 2.98. The standard InChI is InChI=1S/C33H49NSi/c1-22(2)27-16-13-17-28(23(3)4)30(27)34-31(35-26-14-11-10-12-15-26)33(21-32(34,8)9)20-25(7)18-19-29(33)24(5)6/h10-17,22-25,29,31H,18-21H2,1-9H3. The van der Waals surface area contributed by atoms with Crippen molar-refractivity contribution in [3.8, 4) is 0 Å². The van der Waals surface area contributed by atoms with E-state index in [0.29, 0.717) is 22.9 Å². The molecule has 1 aliphatic heterocycles. The second-order valence-electron chi connectivity index (χ2n) is 13.3. The molecule has 35 heavy (non-hydrogen) atoms. The highest BCUT2D eigenvalue weighted by Gasteiger charge is 2.60. The molecule has 2 aliphatic rings. The molecule has 2 aromatic rings. The molecule has 0 amide bonds. The second kappa shape index (κ2) is 10.1. The van der Waals surface area contributed by atoms with Gasteiger partial charge in [-0.15, -0.1) is 0 Å². The highest BCUT2D eigenvalue weighted by atomic mass is 28.2. The topological polar surface area (TPSA) is 3.24 Å². The minimum atomic E-state index is 0.130. The fourth-order valence-electron chi connectivity index (χ4n) is 7.88. The van der Waals surface area contributed by atoms with Crippen molar-refractivity contribution >= 4 is 20.4 Å². The molecule has 0 aromatic heterocycles. The van der Waals surface area contributed by atoms with E-state index in [1.807, 2.05) is 0 Å². The van der Waals surface area contributed by atoms with Crippen LogP contribution in [0, 0.1) is 23.2 Å². The average molecular weight is 488 g/mol. The van der Waals surface area contributed by atoms with Gasteiger partial charge in [-0.1, -0.05) is 109 Å². The molecule has 4 atom stereocenters. The molecule has 1 saturated heterocycles. The van der Waals surface area contributed by atoms with E-state index in [9.17, 15) is 0 Å². The van der Waals surface area contributed by atoms with Gasteiger partial charge in [0.1, 0.15) is 9.52 Å². The molecule has 1 aliphatic carbocycles. The first-order valence-electron chi connectivity index (χ1n) is 14.2. The van der Waals surface area contributed by atoms with Gasteiger partial charge in [-0.2, -0.15) is 0 Å². The number of hydrogen-bond donors (Lipinski definition) is 0. The van der Waals surface area contributed by atoms with Crippen LogP contribution in [0.5, 0.6) is 0 Å². The van der Waals surface area contributed by atoms with Gasteiger partial charge in [0.25, 0.3) is 0 Å². The summed E-state index contributed by atoms with van der Waals surface area (Å²) in [6, 6.07) is 18.5. The van der Waals surface area contributed by atoms with Gasteiger partial charge in [-0.05, 0) is 79.2 Å². The van der Waals surface area contributed by atoms with E-state index in [-0.39, 0.29) is 5.54 Å². The third kappa shape index (κ3) is 4.89. The van der Waals surface area contributed by atoms with E-state index in [1.165, 1.54) is 42.0 Å². The highest BCUT2D eigenvalue weighted by molar-refractivity contribution is 6.56. The van der Waals surface area contributed by atoms with Crippen LogP contribution in [0.4, 0.5) is 5.69 Å². The van der Waals surface area contributed by atoms with E-state index >= 15 is 0 Å². The molecule has 4 unspecified atom stereocenters. The van der Waals surface area contributed by atoms with Crippen molar-refractivity contribution in [3.63, 3.8) is 0 Å². The monoisotopic (exact) mass is 487 g/mol. The van der Waals surface area contributed by atoms with Gasteiger partial charge in [0, 0.05) is 16.9 Å². The van der Waals surface area contributed by atoms with E-state index in [2.05, 4.69) is 116 Å². The highest BCUT2D eigenvalue weighted by Crippen LogP contribution is 2.61. The lowest BCUT2D eigenvalue weighted by atomic mass is 9.58. The Labute approximate surface area is 218 Å². The zero-order chi connectivity index (χ0) is 25.5. The molecule has 1 nitrogen and oxygen atoms in total. The van der Waals surface area contributed by atoms with Crippen molar-refractivity contribution in [3.05, 3.63) is 59.7 Å². The summed E-state index contributed by atoms with van der Waals surface area (Å²) in [5, 5.41) is 1.52. The summed E-state index contributed by atoms with van der Waals surface area (Å²) in [5.74, 6) is 3.36. The summed E-state index contributed by atoms with van der Waals surface area (Å²) in [6.45, 7) is 22.2. The lowest BCUT2D eigenvalue weighted by Gasteiger charge is -2.51. The zero-order valence-electron chi connectivity index (χ0n) is 23.9. The van der Waals surface area contributed by atoms with Gasteiger partial charge < -0.3 is 4.90 Å². The minimum Gasteiger partial charge on any atom is -0.365 e. The summed E-state index contributed by atoms with van der Waals surface area (Å²) >= 11 is 0. The van der Waals surface area contributed by atoms with Crippen molar-refractivity contribution in [2.24, 2.45) is 23.2 Å². The molecule has 1 spiro atoms. The van der Waals surface area contributed by atoms with Crippen molar-refractivity contribution in [1.29, 1.82) is 0 Å². The molecule has 4 rings (SSSR count). The van der Waals surface area contributed by atoms with Crippen LogP contribution in [0.2, 0.25) is 0 Å². The van der Waals surface area contributed by atoms with Gasteiger partial charge in [0.15, 0.2) is 0 Å². The summed E-state index contributed by atoms with van der Waals surface area (Å²) in [6.07, 6.45) is 5.47. The van der Waals surface area contributed by atoms with E-state index in [4.69, 9.17) is 0 Å². The molecular weight excluding hydrogens is 438 g/mol. The SMILES string of the molecule is CC1CCC(C(C)C)C2(C1)CC(C)(C)N(c1c(C(C)C)cccc1C(C)C)C2[Si]c1ccccc1. The molecule has 190 valence electrons. The maximum Gasteiger partial charge on any atom is 0.111 e. The van der Waals surface area contributed by atoms with E-state index in [0.717, 1.165) is 27.3 Å². The smallest absolute Gasteiger partial charge is 0.111 e. The molecule has 2 aromatic carbocycles. The Morgan fingerprint density at radius 3 is 1.97 bits per heavy atom. The van der Waals surface area contributed by atoms with Crippen LogP contribution in [0.25, 0.3) is 0 Å². The molecule has 1 saturated carbocycles. The van der Waals surface area contributed by atoms with Crippen LogP contribution >= 0.6 is 0 Å². The van der Waals surface area contributed by atoms with Gasteiger partial charge in [-0.3, -0.25) is 0 Å². The van der Waals surface area contributed by atoms with Crippen LogP contribution in [0.3, 0.4) is 0 Å². The third-order valence-electron chi connectivity index (χ3n) is 9.12. The predicted molar refractivity (Wildman–Crippen MR) is 155 cm³/mol. The molecule has 2 heteroatoms. The van der Waals surface area contributed by atoms with Gasteiger partial charge >= 0.3 is 0 Å².